The Morgan fingerprint density at radius 1 is 0.947 bits per heavy atom. The largest absolute Gasteiger partial charge is 0.230 e. The van der Waals surface area contributed by atoms with Gasteiger partial charge in [-0.2, -0.15) is 0 Å². The molecule has 2 aromatic carbocycles. The summed E-state index contributed by atoms with van der Waals surface area (Å²) >= 11 is 3.67. The standard InChI is InChI=1S/C16H15NS2/c1-2-7-13(8-3-1)9-6-12-18-16-17-14-10-4-5-11-15(14)19-16/h1-5,7-8,10-11H,6,9,12H2. The topological polar surface area (TPSA) is 12.9 Å². The molecule has 1 nitrogen and oxygen atoms in total. The van der Waals surface area contributed by atoms with E-state index in [-0.39, 0.29) is 0 Å². The van der Waals surface area contributed by atoms with E-state index in [1.165, 1.54) is 21.0 Å². The molecule has 0 unspecified atom stereocenters. The van der Waals surface area contributed by atoms with Crippen LogP contribution in [-0.2, 0) is 6.42 Å². The molecule has 0 saturated carbocycles. The van der Waals surface area contributed by atoms with Crippen LogP contribution in [0.1, 0.15) is 12.0 Å². The quantitative estimate of drug-likeness (QED) is 0.482. The highest BCUT2D eigenvalue weighted by atomic mass is 32.2. The smallest absolute Gasteiger partial charge is 0.151 e. The molecule has 0 bridgehead atoms. The third kappa shape index (κ3) is 3.37. The van der Waals surface area contributed by atoms with E-state index in [0.29, 0.717) is 0 Å². The van der Waals surface area contributed by atoms with Crippen LogP contribution in [0, 0.1) is 0 Å². The van der Waals surface area contributed by atoms with Crippen LogP contribution in [0.5, 0.6) is 0 Å². The van der Waals surface area contributed by atoms with E-state index in [4.69, 9.17) is 0 Å². The van der Waals surface area contributed by atoms with E-state index in [0.717, 1.165) is 17.7 Å². The van der Waals surface area contributed by atoms with Gasteiger partial charge in [-0.1, -0.05) is 54.2 Å². The third-order valence-corrected chi connectivity index (χ3v) is 5.22. The highest BCUT2D eigenvalue weighted by Crippen LogP contribution is 2.29. The number of para-hydroxylation sites is 1. The lowest BCUT2D eigenvalue weighted by Crippen LogP contribution is -1.86. The number of thiazole rings is 1. The first-order valence-electron chi connectivity index (χ1n) is 6.44. The summed E-state index contributed by atoms with van der Waals surface area (Å²) in [6, 6.07) is 19.0. The van der Waals surface area contributed by atoms with Crippen molar-refractivity contribution in [2.24, 2.45) is 0 Å². The molecule has 0 fully saturated rings. The van der Waals surface area contributed by atoms with Crippen LogP contribution in [0.2, 0.25) is 0 Å². The molecule has 0 N–H and O–H groups in total. The van der Waals surface area contributed by atoms with E-state index in [1.54, 1.807) is 11.3 Å². The maximum Gasteiger partial charge on any atom is 0.151 e. The van der Waals surface area contributed by atoms with Gasteiger partial charge in [0.15, 0.2) is 4.34 Å². The van der Waals surface area contributed by atoms with Crippen LogP contribution in [0.4, 0.5) is 0 Å². The Kier molecular flexibility index (Phi) is 4.16. The first-order chi connectivity index (χ1) is 9.42. The Labute approximate surface area is 121 Å². The summed E-state index contributed by atoms with van der Waals surface area (Å²) in [4.78, 5) is 4.64. The molecule has 0 aliphatic heterocycles. The van der Waals surface area contributed by atoms with Crippen LogP contribution < -0.4 is 0 Å². The summed E-state index contributed by atoms with van der Waals surface area (Å²) < 4.78 is 2.47. The summed E-state index contributed by atoms with van der Waals surface area (Å²) in [6.07, 6.45) is 2.35. The molecule has 0 spiro atoms. The van der Waals surface area contributed by atoms with Gasteiger partial charge in [0.1, 0.15) is 0 Å². The SMILES string of the molecule is c1ccc(CCCSc2nc3ccccc3s2)cc1. The van der Waals surface area contributed by atoms with Crippen molar-refractivity contribution in [1.82, 2.24) is 4.98 Å². The fourth-order valence-electron chi connectivity index (χ4n) is 1.99. The average Bonchev–Trinajstić information content (AvgIpc) is 2.87. The van der Waals surface area contributed by atoms with E-state index in [1.807, 2.05) is 17.8 Å². The van der Waals surface area contributed by atoms with E-state index >= 15 is 0 Å². The predicted molar refractivity (Wildman–Crippen MR) is 85.1 cm³/mol. The van der Waals surface area contributed by atoms with Crippen molar-refractivity contribution in [2.45, 2.75) is 17.2 Å². The maximum absolute atomic E-state index is 4.64. The Morgan fingerprint density at radius 3 is 2.58 bits per heavy atom. The average molecular weight is 285 g/mol. The van der Waals surface area contributed by atoms with E-state index in [2.05, 4.69) is 53.5 Å². The number of thioether (sulfide) groups is 1. The van der Waals surface area contributed by atoms with Gasteiger partial charge in [0.2, 0.25) is 0 Å². The zero-order chi connectivity index (χ0) is 12.9. The van der Waals surface area contributed by atoms with Gasteiger partial charge in [-0.05, 0) is 30.5 Å². The molecule has 3 heteroatoms. The van der Waals surface area contributed by atoms with Crippen molar-refractivity contribution < 1.29 is 0 Å². The van der Waals surface area contributed by atoms with Crippen molar-refractivity contribution >= 4 is 33.3 Å². The van der Waals surface area contributed by atoms with Crippen LogP contribution in [0.3, 0.4) is 0 Å². The lowest BCUT2D eigenvalue weighted by molar-refractivity contribution is 0.933. The fourth-order valence-corrected chi connectivity index (χ4v) is 4.07. The van der Waals surface area contributed by atoms with Crippen molar-refractivity contribution in [3.63, 3.8) is 0 Å². The summed E-state index contributed by atoms with van der Waals surface area (Å²) in [7, 11) is 0. The summed E-state index contributed by atoms with van der Waals surface area (Å²) in [5.41, 5.74) is 2.55. The normalized spacial score (nSPS) is 10.9. The van der Waals surface area contributed by atoms with E-state index in [9.17, 15) is 0 Å². The van der Waals surface area contributed by atoms with Gasteiger partial charge in [0.25, 0.3) is 0 Å². The van der Waals surface area contributed by atoms with Crippen molar-refractivity contribution in [3.8, 4) is 0 Å². The minimum atomic E-state index is 1.12. The first-order valence-corrected chi connectivity index (χ1v) is 8.24. The number of fused-ring (bicyclic) bond motifs is 1. The highest BCUT2D eigenvalue weighted by Gasteiger charge is 2.03. The fraction of sp³-hybridized carbons (Fsp3) is 0.188. The highest BCUT2D eigenvalue weighted by molar-refractivity contribution is 8.01. The summed E-state index contributed by atoms with van der Waals surface area (Å²) in [5.74, 6) is 1.13. The molecule has 1 heterocycles. The Morgan fingerprint density at radius 2 is 1.74 bits per heavy atom. The Balaban J connectivity index is 1.52. The molecule has 3 aromatic rings. The third-order valence-electron chi connectivity index (χ3n) is 2.95. The molecular weight excluding hydrogens is 270 g/mol. The van der Waals surface area contributed by atoms with E-state index < -0.39 is 0 Å². The molecule has 96 valence electrons. The molecule has 0 radical (unpaired) electrons. The van der Waals surface area contributed by atoms with Crippen molar-refractivity contribution in [1.29, 1.82) is 0 Å². The summed E-state index contributed by atoms with van der Waals surface area (Å²) in [5, 5.41) is 0. The van der Waals surface area contributed by atoms with Crippen LogP contribution in [0.15, 0.2) is 58.9 Å². The maximum atomic E-state index is 4.64. The molecule has 19 heavy (non-hydrogen) atoms. The van der Waals surface area contributed by atoms with Gasteiger partial charge >= 0.3 is 0 Å². The second-order valence-corrected chi connectivity index (χ2v) is 6.76. The minimum Gasteiger partial charge on any atom is -0.230 e. The van der Waals surface area contributed by atoms with Gasteiger partial charge in [0.05, 0.1) is 10.2 Å². The van der Waals surface area contributed by atoms with Crippen LogP contribution >= 0.6 is 23.1 Å². The first kappa shape index (κ1) is 12.7. The molecule has 0 aliphatic carbocycles. The molecule has 1 aromatic heterocycles. The molecule has 3 rings (SSSR count). The van der Waals surface area contributed by atoms with Crippen molar-refractivity contribution in [2.75, 3.05) is 5.75 Å². The number of aromatic nitrogens is 1. The zero-order valence-electron chi connectivity index (χ0n) is 10.6. The molecular formula is C16H15NS2. The number of hydrogen-bond acceptors (Lipinski definition) is 3. The number of nitrogens with zero attached hydrogens (tertiary/aromatic N) is 1. The van der Waals surface area contributed by atoms with Gasteiger partial charge in [-0.25, -0.2) is 4.98 Å². The van der Waals surface area contributed by atoms with Gasteiger partial charge < -0.3 is 0 Å². The lowest BCUT2D eigenvalue weighted by Gasteiger charge is -1.99. The molecule has 0 amide bonds. The van der Waals surface area contributed by atoms with Crippen LogP contribution in [0.25, 0.3) is 10.2 Å². The van der Waals surface area contributed by atoms with Crippen molar-refractivity contribution in [3.05, 3.63) is 60.2 Å². The minimum absolute atomic E-state index is 1.12. The number of rotatable bonds is 5. The second-order valence-electron chi connectivity index (χ2n) is 4.39. The predicted octanol–water partition coefficient (Wildman–Crippen LogP) is 5.02. The second kappa shape index (κ2) is 6.22. The zero-order valence-corrected chi connectivity index (χ0v) is 12.2. The van der Waals surface area contributed by atoms with Gasteiger partial charge in [-0.15, -0.1) is 11.3 Å². The van der Waals surface area contributed by atoms with Gasteiger partial charge in [0, 0.05) is 5.75 Å². The molecule has 0 aliphatic rings. The Hall–Kier alpha value is -1.32. The Bertz CT molecular complexity index is 613. The van der Waals surface area contributed by atoms with Gasteiger partial charge in [-0.3, -0.25) is 0 Å². The number of benzene rings is 2. The molecule has 0 saturated heterocycles. The number of hydrogen-bond donors (Lipinski definition) is 0. The summed E-state index contributed by atoms with van der Waals surface area (Å²) in [6.45, 7) is 0. The van der Waals surface area contributed by atoms with Crippen LogP contribution in [-0.4, -0.2) is 10.7 Å². The number of aryl methyl sites for hydroxylation is 1. The molecule has 0 atom stereocenters. The monoisotopic (exact) mass is 285 g/mol. The lowest BCUT2D eigenvalue weighted by atomic mass is 10.1.